The number of nitrogens with zero attached hydrogens (tertiary/aromatic N) is 2. The van der Waals surface area contributed by atoms with Crippen LogP contribution in [0.25, 0.3) is 0 Å². The smallest absolute Gasteiger partial charge is 0.237 e. The highest BCUT2D eigenvalue weighted by Gasteiger charge is 2.33. The summed E-state index contributed by atoms with van der Waals surface area (Å²) in [5.74, 6) is 0.243. The minimum absolute atomic E-state index is 0.00698. The average molecular weight is 477 g/mol. The molecule has 8 heteroatoms. The molecular formula is C25H33FN2O4S. The zero-order chi connectivity index (χ0) is 23.8. The van der Waals surface area contributed by atoms with Crippen molar-refractivity contribution in [2.45, 2.75) is 38.5 Å². The van der Waals surface area contributed by atoms with Gasteiger partial charge in [-0.15, -0.1) is 17.9 Å². The molecule has 1 aromatic heterocycles. The van der Waals surface area contributed by atoms with E-state index in [1.807, 2.05) is 29.0 Å². The number of aliphatic hydroxyl groups excluding tert-OH is 1. The van der Waals surface area contributed by atoms with Gasteiger partial charge < -0.3 is 19.5 Å². The van der Waals surface area contributed by atoms with Crippen molar-refractivity contribution in [2.24, 2.45) is 0 Å². The van der Waals surface area contributed by atoms with Crippen LogP contribution in [0.15, 0.2) is 48.4 Å². The molecule has 0 radical (unpaired) electrons. The van der Waals surface area contributed by atoms with Crippen molar-refractivity contribution in [1.29, 1.82) is 0 Å². The Labute approximate surface area is 199 Å². The highest BCUT2D eigenvalue weighted by atomic mass is 32.1. The Morgan fingerprint density at radius 1 is 1.36 bits per heavy atom. The van der Waals surface area contributed by atoms with Crippen LogP contribution in [0.5, 0.6) is 5.75 Å². The van der Waals surface area contributed by atoms with Crippen LogP contribution in [0.1, 0.15) is 30.3 Å². The summed E-state index contributed by atoms with van der Waals surface area (Å²) < 4.78 is 24.5. The SMILES string of the molecule is C=CCOC[C@@H](O)CN(CC(=O)N1CCc2sccc2[C@@H]1COc1ccc(F)cc1)C(C)C. The molecule has 0 unspecified atom stereocenters. The Bertz CT molecular complexity index is 902. The topological polar surface area (TPSA) is 62.2 Å². The number of hydrogen-bond donors (Lipinski definition) is 1. The number of halogens is 1. The molecule has 0 fully saturated rings. The Balaban J connectivity index is 1.67. The summed E-state index contributed by atoms with van der Waals surface area (Å²) in [5, 5.41) is 12.4. The second-order valence-electron chi connectivity index (χ2n) is 8.42. The molecule has 1 aliphatic rings. The fourth-order valence-electron chi connectivity index (χ4n) is 3.91. The van der Waals surface area contributed by atoms with Gasteiger partial charge in [-0.05, 0) is 61.5 Å². The van der Waals surface area contributed by atoms with Gasteiger partial charge in [0.15, 0.2) is 0 Å². The maximum absolute atomic E-state index is 13.4. The number of aliphatic hydroxyl groups is 1. The molecule has 0 saturated carbocycles. The first-order valence-electron chi connectivity index (χ1n) is 11.2. The van der Waals surface area contributed by atoms with Gasteiger partial charge in [0.25, 0.3) is 0 Å². The number of rotatable bonds is 12. The summed E-state index contributed by atoms with van der Waals surface area (Å²) in [6.45, 7) is 9.63. The standard InChI is InChI=1S/C25H33FN2O4S/c1-4-12-31-16-20(29)14-27(18(2)3)15-25(30)28-11-9-24-22(10-13-33-24)23(28)17-32-21-7-5-19(26)6-8-21/h4-8,10,13,18,20,23,29H,1,9,11-12,14-17H2,2-3H3/t20-,23-/m0/s1. The summed E-state index contributed by atoms with van der Waals surface area (Å²) >= 11 is 1.70. The van der Waals surface area contributed by atoms with Crippen LogP contribution in [0, 0.1) is 5.82 Å². The Morgan fingerprint density at radius 3 is 2.82 bits per heavy atom. The quantitative estimate of drug-likeness (QED) is 0.374. The summed E-state index contributed by atoms with van der Waals surface area (Å²) in [4.78, 5) is 18.5. The number of thiophene rings is 1. The fourth-order valence-corrected chi connectivity index (χ4v) is 4.84. The van der Waals surface area contributed by atoms with E-state index in [4.69, 9.17) is 9.47 Å². The normalized spacial score (nSPS) is 16.7. The van der Waals surface area contributed by atoms with Crippen molar-refractivity contribution in [3.63, 3.8) is 0 Å². The molecule has 2 heterocycles. The van der Waals surface area contributed by atoms with E-state index in [0.717, 1.165) is 12.0 Å². The Hall–Kier alpha value is -2.26. The molecule has 6 nitrogen and oxygen atoms in total. The fraction of sp³-hybridized carbons (Fsp3) is 0.480. The van der Waals surface area contributed by atoms with Crippen molar-refractivity contribution in [3.8, 4) is 5.75 Å². The predicted octanol–water partition coefficient (Wildman–Crippen LogP) is 3.67. The molecule has 33 heavy (non-hydrogen) atoms. The van der Waals surface area contributed by atoms with Gasteiger partial charge in [0.2, 0.25) is 5.91 Å². The van der Waals surface area contributed by atoms with Crippen LogP contribution in [-0.2, 0) is 16.0 Å². The lowest BCUT2D eigenvalue weighted by molar-refractivity contribution is -0.137. The molecule has 0 aliphatic carbocycles. The minimum atomic E-state index is -0.692. The van der Waals surface area contributed by atoms with E-state index in [9.17, 15) is 14.3 Å². The number of hydrogen-bond acceptors (Lipinski definition) is 6. The largest absolute Gasteiger partial charge is 0.491 e. The van der Waals surface area contributed by atoms with Gasteiger partial charge in [0.1, 0.15) is 18.2 Å². The van der Waals surface area contributed by atoms with Crippen molar-refractivity contribution in [1.82, 2.24) is 9.80 Å². The first kappa shape index (κ1) is 25.4. The van der Waals surface area contributed by atoms with Crippen LogP contribution in [0.3, 0.4) is 0 Å². The number of amides is 1. The van der Waals surface area contributed by atoms with Gasteiger partial charge in [0, 0.05) is 24.0 Å². The summed E-state index contributed by atoms with van der Waals surface area (Å²) in [6, 6.07) is 7.83. The minimum Gasteiger partial charge on any atom is -0.491 e. The molecule has 0 bridgehead atoms. The van der Waals surface area contributed by atoms with Gasteiger partial charge in [-0.25, -0.2) is 4.39 Å². The molecule has 0 saturated heterocycles. The van der Waals surface area contributed by atoms with Crippen LogP contribution in [0.2, 0.25) is 0 Å². The second-order valence-corrected chi connectivity index (χ2v) is 9.42. The van der Waals surface area contributed by atoms with E-state index >= 15 is 0 Å². The average Bonchev–Trinajstić information content (AvgIpc) is 3.27. The lowest BCUT2D eigenvalue weighted by Gasteiger charge is -2.38. The first-order valence-corrected chi connectivity index (χ1v) is 12.1. The van der Waals surface area contributed by atoms with E-state index in [1.54, 1.807) is 29.5 Å². The zero-order valence-electron chi connectivity index (χ0n) is 19.3. The van der Waals surface area contributed by atoms with Gasteiger partial charge in [-0.2, -0.15) is 0 Å². The first-order chi connectivity index (χ1) is 15.9. The predicted molar refractivity (Wildman–Crippen MR) is 128 cm³/mol. The van der Waals surface area contributed by atoms with Crippen molar-refractivity contribution in [3.05, 3.63) is 64.6 Å². The molecule has 2 atom stereocenters. The van der Waals surface area contributed by atoms with Crippen molar-refractivity contribution >= 4 is 17.2 Å². The number of benzene rings is 1. The molecule has 180 valence electrons. The van der Waals surface area contributed by atoms with E-state index in [-0.39, 0.29) is 37.0 Å². The van der Waals surface area contributed by atoms with Gasteiger partial charge in [-0.3, -0.25) is 9.69 Å². The third kappa shape index (κ3) is 7.11. The van der Waals surface area contributed by atoms with E-state index in [0.29, 0.717) is 32.1 Å². The molecule has 2 aromatic rings. The third-order valence-corrected chi connectivity index (χ3v) is 6.69. The lowest BCUT2D eigenvalue weighted by atomic mass is 10.00. The number of carbonyl (C=O) groups excluding carboxylic acids is 1. The van der Waals surface area contributed by atoms with Crippen LogP contribution in [-0.4, -0.2) is 72.4 Å². The molecule has 3 rings (SSSR count). The van der Waals surface area contributed by atoms with Crippen molar-refractivity contribution < 1.29 is 23.8 Å². The van der Waals surface area contributed by atoms with E-state index in [1.165, 1.54) is 17.0 Å². The Kier molecular flexibility index (Phi) is 9.43. The molecule has 1 N–H and O–H groups in total. The van der Waals surface area contributed by atoms with Crippen LogP contribution >= 0.6 is 11.3 Å². The summed E-state index contributed by atoms with van der Waals surface area (Å²) in [5.41, 5.74) is 1.11. The molecule has 1 aliphatic heterocycles. The van der Waals surface area contributed by atoms with E-state index in [2.05, 4.69) is 12.6 Å². The monoisotopic (exact) mass is 476 g/mol. The molecule has 1 amide bonds. The third-order valence-electron chi connectivity index (χ3n) is 5.70. The van der Waals surface area contributed by atoms with Crippen molar-refractivity contribution in [2.75, 3.05) is 39.5 Å². The maximum atomic E-state index is 13.4. The number of ether oxygens (including phenoxy) is 2. The van der Waals surface area contributed by atoms with Gasteiger partial charge >= 0.3 is 0 Å². The number of carbonyl (C=O) groups is 1. The second kappa shape index (κ2) is 12.3. The van der Waals surface area contributed by atoms with Crippen LogP contribution in [0.4, 0.5) is 4.39 Å². The highest BCUT2D eigenvalue weighted by Crippen LogP contribution is 2.34. The van der Waals surface area contributed by atoms with Gasteiger partial charge in [-0.1, -0.05) is 6.08 Å². The highest BCUT2D eigenvalue weighted by molar-refractivity contribution is 7.10. The summed E-state index contributed by atoms with van der Waals surface area (Å²) in [7, 11) is 0. The Morgan fingerprint density at radius 2 is 2.12 bits per heavy atom. The van der Waals surface area contributed by atoms with Crippen LogP contribution < -0.4 is 4.74 Å². The summed E-state index contributed by atoms with van der Waals surface area (Å²) in [6.07, 6.45) is 1.76. The van der Waals surface area contributed by atoms with E-state index < -0.39 is 6.10 Å². The molecular weight excluding hydrogens is 443 g/mol. The zero-order valence-corrected chi connectivity index (χ0v) is 20.1. The van der Waals surface area contributed by atoms with Gasteiger partial charge in [0.05, 0.1) is 31.9 Å². The number of fused-ring (bicyclic) bond motifs is 1. The maximum Gasteiger partial charge on any atom is 0.237 e. The molecule has 1 aromatic carbocycles. The lowest BCUT2D eigenvalue weighted by Crippen LogP contribution is -2.49. The molecule has 0 spiro atoms.